The van der Waals surface area contributed by atoms with Gasteiger partial charge in [-0.3, -0.25) is 0 Å². The molecule has 0 saturated carbocycles. The van der Waals surface area contributed by atoms with E-state index in [4.69, 9.17) is 11.6 Å². The van der Waals surface area contributed by atoms with Crippen LogP contribution < -0.4 is 5.32 Å². The van der Waals surface area contributed by atoms with Crippen LogP contribution in [0.1, 0.15) is 26.3 Å². The summed E-state index contributed by atoms with van der Waals surface area (Å²) in [5.74, 6) is 0. The molecule has 0 amide bonds. The first kappa shape index (κ1) is 10.0. The minimum absolute atomic E-state index is 0.158. The van der Waals surface area contributed by atoms with Crippen LogP contribution in [0.25, 0.3) is 0 Å². The van der Waals surface area contributed by atoms with Crippen molar-refractivity contribution < 1.29 is 0 Å². The number of rotatable bonds is 2. The van der Waals surface area contributed by atoms with Gasteiger partial charge in [0.25, 0.3) is 0 Å². The molecule has 0 unspecified atom stereocenters. The Bertz CT molecular complexity index is 249. The minimum Gasteiger partial charge on any atom is -0.308 e. The van der Waals surface area contributed by atoms with E-state index in [1.165, 1.54) is 5.56 Å². The maximum absolute atomic E-state index is 5.95. The van der Waals surface area contributed by atoms with Crippen LogP contribution in [0.2, 0.25) is 4.34 Å². The summed E-state index contributed by atoms with van der Waals surface area (Å²) in [5, 5.41) is 5.40. The Labute approximate surface area is 82.7 Å². The fourth-order valence-electron chi connectivity index (χ4n) is 0.806. The molecule has 0 saturated heterocycles. The van der Waals surface area contributed by atoms with Gasteiger partial charge in [-0.05, 0) is 37.8 Å². The lowest BCUT2D eigenvalue weighted by Gasteiger charge is -2.20. The van der Waals surface area contributed by atoms with Gasteiger partial charge in [0, 0.05) is 12.1 Å². The van der Waals surface area contributed by atoms with E-state index in [9.17, 15) is 0 Å². The summed E-state index contributed by atoms with van der Waals surface area (Å²) in [6.07, 6.45) is 0. The summed E-state index contributed by atoms with van der Waals surface area (Å²) in [4.78, 5) is 0. The SMILES string of the molecule is CC(C)(C)NCc1ccsc1Cl. The zero-order valence-corrected chi connectivity index (χ0v) is 9.22. The zero-order valence-electron chi connectivity index (χ0n) is 7.65. The van der Waals surface area contributed by atoms with Crippen LogP contribution in [0.3, 0.4) is 0 Å². The summed E-state index contributed by atoms with van der Waals surface area (Å²) in [7, 11) is 0. The smallest absolute Gasteiger partial charge is 0.0973 e. The zero-order chi connectivity index (χ0) is 9.19. The van der Waals surface area contributed by atoms with Gasteiger partial charge in [-0.15, -0.1) is 11.3 Å². The fraction of sp³-hybridized carbons (Fsp3) is 0.556. The molecule has 3 heteroatoms. The molecule has 1 nitrogen and oxygen atoms in total. The van der Waals surface area contributed by atoms with Gasteiger partial charge in [0.1, 0.15) is 0 Å². The van der Waals surface area contributed by atoms with Crippen LogP contribution in [0.5, 0.6) is 0 Å². The van der Waals surface area contributed by atoms with Crippen LogP contribution in [-0.4, -0.2) is 5.54 Å². The van der Waals surface area contributed by atoms with Crippen molar-refractivity contribution in [2.75, 3.05) is 0 Å². The Morgan fingerprint density at radius 3 is 2.58 bits per heavy atom. The van der Waals surface area contributed by atoms with Crippen molar-refractivity contribution in [3.05, 3.63) is 21.3 Å². The Hall–Kier alpha value is -0.0500. The van der Waals surface area contributed by atoms with E-state index in [0.717, 1.165) is 10.9 Å². The van der Waals surface area contributed by atoms with Crippen molar-refractivity contribution in [3.8, 4) is 0 Å². The monoisotopic (exact) mass is 203 g/mol. The van der Waals surface area contributed by atoms with Crippen molar-refractivity contribution >= 4 is 22.9 Å². The third kappa shape index (κ3) is 3.13. The third-order valence-electron chi connectivity index (χ3n) is 1.50. The van der Waals surface area contributed by atoms with Gasteiger partial charge in [0.2, 0.25) is 0 Å². The molecule has 0 aliphatic heterocycles. The number of thiophene rings is 1. The summed E-state index contributed by atoms with van der Waals surface area (Å²) >= 11 is 7.53. The highest BCUT2D eigenvalue weighted by molar-refractivity contribution is 7.14. The highest BCUT2D eigenvalue weighted by Crippen LogP contribution is 2.22. The Balaban J connectivity index is 2.49. The first-order valence-corrected chi connectivity index (χ1v) is 5.22. The lowest BCUT2D eigenvalue weighted by molar-refractivity contribution is 0.424. The van der Waals surface area contributed by atoms with Crippen LogP contribution >= 0.6 is 22.9 Å². The van der Waals surface area contributed by atoms with E-state index in [2.05, 4.69) is 32.2 Å². The molecular formula is C9H14ClNS. The molecular weight excluding hydrogens is 190 g/mol. The number of hydrogen-bond acceptors (Lipinski definition) is 2. The van der Waals surface area contributed by atoms with Gasteiger partial charge in [-0.2, -0.15) is 0 Å². The van der Waals surface area contributed by atoms with Gasteiger partial charge < -0.3 is 5.32 Å². The first-order chi connectivity index (χ1) is 5.49. The second kappa shape index (κ2) is 3.77. The molecule has 12 heavy (non-hydrogen) atoms. The molecule has 0 fully saturated rings. The lowest BCUT2D eigenvalue weighted by Crippen LogP contribution is -2.34. The van der Waals surface area contributed by atoms with E-state index < -0.39 is 0 Å². The van der Waals surface area contributed by atoms with E-state index in [-0.39, 0.29) is 5.54 Å². The van der Waals surface area contributed by atoms with Crippen LogP contribution in [0.4, 0.5) is 0 Å². The van der Waals surface area contributed by atoms with Crippen LogP contribution in [0, 0.1) is 0 Å². The molecule has 1 rings (SSSR count). The largest absolute Gasteiger partial charge is 0.308 e. The van der Waals surface area contributed by atoms with E-state index >= 15 is 0 Å². The predicted molar refractivity (Wildman–Crippen MR) is 55.9 cm³/mol. The van der Waals surface area contributed by atoms with Crippen molar-refractivity contribution in [2.24, 2.45) is 0 Å². The number of nitrogens with one attached hydrogen (secondary N) is 1. The summed E-state index contributed by atoms with van der Waals surface area (Å²) in [6.45, 7) is 7.29. The molecule has 1 heterocycles. The summed E-state index contributed by atoms with van der Waals surface area (Å²) < 4.78 is 0.895. The standard InChI is InChI=1S/C9H14ClNS/c1-9(2,3)11-6-7-4-5-12-8(7)10/h4-5,11H,6H2,1-3H3. The van der Waals surface area contributed by atoms with Gasteiger partial charge in [0.05, 0.1) is 4.34 Å². The van der Waals surface area contributed by atoms with Crippen molar-refractivity contribution in [1.29, 1.82) is 0 Å². The highest BCUT2D eigenvalue weighted by atomic mass is 35.5. The van der Waals surface area contributed by atoms with E-state index in [0.29, 0.717) is 0 Å². The molecule has 0 aliphatic rings. The molecule has 0 bridgehead atoms. The lowest BCUT2D eigenvalue weighted by atomic mass is 10.1. The quantitative estimate of drug-likeness (QED) is 0.778. The number of halogens is 1. The molecule has 0 atom stereocenters. The molecule has 1 aromatic heterocycles. The topological polar surface area (TPSA) is 12.0 Å². The third-order valence-corrected chi connectivity index (χ3v) is 2.75. The Morgan fingerprint density at radius 1 is 1.50 bits per heavy atom. The molecule has 0 aromatic carbocycles. The maximum Gasteiger partial charge on any atom is 0.0973 e. The van der Waals surface area contributed by atoms with Crippen LogP contribution in [-0.2, 0) is 6.54 Å². The average molecular weight is 204 g/mol. The van der Waals surface area contributed by atoms with Gasteiger partial charge in [0.15, 0.2) is 0 Å². The summed E-state index contributed by atoms with van der Waals surface area (Å²) in [5.41, 5.74) is 1.35. The van der Waals surface area contributed by atoms with E-state index in [1.807, 2.05) is 5.38 Å². The average Bonchev–Trinajstić information content (AvgIpc) is 2.29. The van der Waals surface area contributed by atoms with E-state index in [1.54, 1.807) is 11.3 Å². The van der Waals surface area contributed by atoms with Gasteiger partial charge in [-0.1, -0.05) is 11.6 Å². The fourth-order valence-corrected chi connectivity index (χ4v) is 1.73. The van der Waals surface area contributed by atoms with Crippen molar-refractivity contribution in [1.82, 2.24) is 5.32 Å². The molecule has 0 spiro atoms. The molecule has 68 valence electrons. The van der Waals surface area contributed by atoms with Crippen molar-refractivity contribution in [2.45, 2.75) is 32.9 Å². The normalized spacial score (nSPS) is 12.0. The highest BCUT2D eigenvalue weighted by Gasteiger charge is 2.09. The Kier molecular flexibility index (Phi) is 3.16. The molecule has 1 aromatic rings. The maximum atomic E-state index is 5.95. The molecule has 1 N–H and O–H groups in total. The second-order valence-electron chi connectivity index (χ2n) is 3.82. The van der Waals surface area contributed by atoms with Crippen molar-refractivity contribution in [3.63, 3.8) is 0 Å². The summed E-state index contributed by atoms with van der Waals surface area (Å²) in [6, 6.07) is 2.06. The van der Waals surface area contributed by atoms with Gasteiger partial charge in [-0.25, -0.2) is 0 Å². The molecule has 0 aliphatic carbocycles. The van der Waals surface area contributed by atoms with Crippen LogP contribution in [0.15, 0.2) is 11.4 Å². The van der Waals surface area contributed by atoms with Gasteiger partial charge >= 0.3 is 0 Å². The predicted octanol–water partition coefficient (Wildman–Crippen LogP) is 3.29. The number of hydrogen-bond donors (Lipinski definition) is 1. The minimum atomic E-state index is 0.158. The second-order valence-corrected chi connectivity index (χ2v) is 5.34. The first-order valence-electron chi connectivity index (χ1n) is 3.96. The molecule has 0 radical (unpaired) electrons. The Morgan fingerprint density at radius 2 is 2.17 bits per heavy atom.